The minimum atomic E-state index is -0.500. The van der Waals surface area contributed by atoms with Crippen LogP contribution in [0.3, 0.4) is 0 Å². The van der Waals surface area contributed by atoms with Crippen molar-refractivity contribution in [2.75, 3.05) is 23.4 Å². The molecule has 0 fully saturated rings. The SMILES string of the molecule is CCCN1C(=O)C(C)Oc2ccc(NC(=O)CCOc3ccccc3)cc21. The van der Waals surface area contributed by atoms with E-state index in [0.717, 1.165) is 12.2 Å². The van der Waals surface area contributed by atoms with Crippen LogP contribution in [-0.4, -0.2) is 31.1 Å². The summed E-state index contributed by atoms with van der Waals surface area (Å²) in [4.78, 5) is 26.3. The van der Waals surface area contributed by atoms with Crippen LogP contribution in [0.4, 0.5) is 11.4 Å². The molecule has 2 amide bonds. The van der Waals surface area contributed by atoms with Crippen molar-refractivity contribution in [2.45, 2.75) is 32.8 Å². The van der Waals surface area contributed by atoms with Crippen molar-refractivity contribution in [2.24, 2.45) is 0 Å². The molecule has 1 aliphatic rings. The summed E-state index contributed by atoms with van der Waals surface area (Å²) >= 11 is 0. The van der Waals surface area contributed by atoms with E-state index in [2.05, 4.69) is 5.32 Å². The first-order valence-electron chi connectivity index (χ1n) is 9.18. The quantitative estimate of drug-likeness (QED) is 0.811. The maximum atomic E-state index is 12.4. The molecule has 1 aliphatic heterocycles. The number of hydrogen-bond donors (Lipinski definition) is 1. The first-order valence-corrected chi connectivity index (χ1v) is 9.18. The van der Waals surface area contributed by atoms with Gasteiger partial charge >= 0.3 is 0 Å². The highest BCUT2D eigenvalue weighted by molar-refractivity contribution is 6.01. The smallest absolute Gasteiger partial charge is 0.267 e. The second-order valence-electron chi connectivity index (χ2n) is 6.39. The Morgan fingerprint density at radius 3 is 2.74 bits per heavy atom. The second kappa shape index (κ2) is 8.58. The fourth-order valence-corrected chi connectivity index (χ4v) is 2.94. The van der Waals surface area contributed by atoms with E-state index in [0.29, 0.717) is 30.3 Å². The normalized spacial score (nSPS) is 15.7. The molecule has 0 saturated carbocycles. The van der Waals surface area contributed by atoms with Crippen molar-refractivity contribution in [3.63, 3.8) is 0 Å². The number of carbonyl (C=O) groups excluding carboxylic acids is 2. The summed E-state index contributed by atoms with van der Waals surface area (Å²) in [5, 5.41) is 2.85. The van der Waals surface area contributed by atoms with Gasteiger partial charge in [0.05, 0.1) is 18.7 Å². The molecule has 0 bridgehead atoms. The third kappa shape index (κ3) is 4.58. The summed E-state index contributed by atoms with van der Waals surface area (Å²) in [6.07, 6.45) is 0.572. The number of para-hydroxylation sites is 1. The Balaban J connectivity index is 1.62. The Hall–Kier alpha value is -3.02. The Bertz CT molecular complexity index is 807. The van der Waals surface area contributed by atoms with Crippen LogP contribution in [0, 0.1) is 0 Å². The van der Waals surface area contributed by atoms with Crippen molar-refractivity contribution < 1.29 is 19.1 Å². The predicted molar refractivity (Wildman–Crippen MR) is 104 cm³/mol. The number of benzene rings is 2. The molecule has 0 spiro atoms. The van der Waals surface area contributed by atoms with Gasteiger partial charge in [0.1, 0.15) is 11.5 Å². The first kappa shape index (κ1) is 18.8. The van der Waals surface area contributed by atoms with Crippen LogP contribution in [0.15, 0.2) is 48.5 Å². The lowest BCUT2D eigenvalue weighted by atomic mass is 10.1. The van der Waals surface area contributed by atoms with Crippen molar-refractivity contribution in [1.82, 2.24) is 0 Å². The monoisotopic (exact) mass is 368 g/mol. The number of nitrogens with zero attached hydrogens (tertiary/aromatic N) is 1. The van der Waals surface area contributed by atoms with E-state index in [-0.39, 0.29) is 18.2 Å². The minimum Gasteiger partial charge on any atom is -0.493 e. The maximum absolute atomic E-state index is 12.4. The average molecular weight is 368 g/mol. The van der Waals surface area contributed by atoms with Crippen molar-refractivity contribution in [1.29, 1.82) is 0 Å². The van der Waals surface area contributed by atoms with Crippen molar-refractivity contribution >= 4 is 23.2 Å². The number of nitrogens with one attached hydrogen (secondary N) is 1. The van der Waals surface area contributed by atoms with Gasteiger partial charge in [0.2, 0.25) is 5.91 Å². The van der Waals surface area contributed by atoms with Crippen molar-refractivity contribution in [3.05, 3.63) is 48.5 Å². The Morgan fingerprint density at radius 1 is 1.22 bits per heavy atom. The van der Waals surface area contributed by atoms with Gasteiger partial charge < -0.3 is 19.7 Å². The number of fused-ring (bicyclic) bond motifs is 1. The van der Waals surface area contributed by atoms with E-state index in [4.69, 9.17) is 9.47 Å². The summed E-state index contributed by atoms with van der Waals surface area (Å²) in [7, 11) is 0. The first-order chi connectivity index (χ1) is 13.1. The van der Waals surface area contributed by atoms with Gasteiger partial charge in [-0.3, -0.25) is 9.59 Å². The molecular weight excluding hydrogens is 344 g/mol. The van der Waals surface area contributed by atoms with E-state index in [1.165, 1.54) is 0 Å². The molecule has 27 heavy (non-hydrogen) atoms. The van der Waals surface area contributed by atoms with Gasteiger partial charge in [-0.2, -0.15) is 0 Å². The second-order valence-corrected chi connectivity index (χ2v) is 6.39. The van der Waals surface area contributed by atoms with Gasteiger partial charge in [-0.25, -0.2) is 0 Å². The van der Waals surface area contributed by atoms with Crippen molar-refractivity contribution in [3.8, 4) is 11.5 Å². The zero-order valence-electron chi connectivity index (χ0n) is 15.6. The highest BCUT2D eigenvalue weighted by atomic mass is 16.5. The molecule has 0 aliphatic carbocycles. The number of anilines is 2. The van der Waals surface area contributed by atoms with E-state index in [9.17, 15) is 9.59 Å². The molecule has 2 aromatic rings. The minimum absolute atomic E-state index is 0.0657. The molecular formula is C21H24N2O4. The Labute approximate surface area is 159 Å². The van der Waals surface area contributed by atoms with Gasteiger partial charge in [0.25, 0.3) is 5.91 Å². The number of rotatable bonds is 7. The van der Waals surface area contributed by atoms with E-state index in [1.807, 2.05) is 37.3 Å². The molecule has 1 heterocycles. The average Bonchev–Trinajstić information content (AvgIpc) is 2.67. The van der Waals surface area contributed by atoms with Gasteiger partial charge in [-0.1, -0.05) is 25.1 Å². The van der Waals surface area contributed by atoms with E-state index >= 15 is 0 Å². The van der Waals surface area contributed by atoms with Crippen LogP contribution >= 0.6 is 0 Å². The van der Waals surface area contributed by atoms with Crippen LogP contribution in [0.5, 0.6) is 11.5 Å². The summed E-state index contributed by atoms with van der Waals surface area (Å²) < 4.78 is 11.2. The number of carbonyl (C=O) groups is 2. The largest absolute Gasteiger partial charge is 0.493 e. The van der Waals surface area contributed by atoms with E-state index in [1.54, 1.807) is 30.0 Å². The Morgan fingerprint density at radius 2 is 2.00 bits per heavy atom. The molecule has 1 N–H and O–H groups in total. The summed E-state index contributed by atoms with van der Waals surface area (Å²) in [6.45, 7) is 4.67. The van der Waals surface area contributed by atoms with Crippen LogP contribution in [0.1, 0.15) is 26.7 Å². The third-order valence-corrected chi connectivity index (χ3v) is 4.24. The third-order valence-electron chi connectivity index (χ3n) is 4.24. The number of amides is 2. The molecule has 1 atom stereocenters. The van der Waals surface area contributed by atoms with Crippen LogP contribution in [0.25, 0.3) is 0 Å². The number of hydrogen-bond acceptors (Lipinski definition) is 4. The zero-order valence-corrected chi connectivity index (χ0v) is 15.6. The standard InChI is InChI=1S/C21H24N2O4/c1-3-12-23-18-14-16(9-10-19(18)27-15(2)21(23)25)22-20(24)11-13-26-17-7-5-4-6-8-17/h4-10,14-15H,3,11-13H2,1-2H3,(H,22,24). The fourth-order valence-electron chi connectivity index (χ4n) is 2.94. The van der Waals surface area contributed by atoms with Crippen LogP contribution in [0.2, 0.25) is 0 Å². The van der Waals surface area contributed by atoms with Crippen LogP contribution in [-0.2, 0) is 9.59 Å². The molecule has 3 rings (SSSR count). The lowest BCUT2D eigenvalue weighted by Gasteiger charge is -2.33. The maximum Gasteiger partial charge on any atom is 0.267 e. The summed E-state index contributed by atoms with van der Waals surface area (Å²) in [5.74, 6) is 1.17. The lowest BCUT2D eigenvalue weighted by Crippen LogP contribution is -2.44. The summed E-state index contributed by atoms with van der Waals surface area (Å²) in [6, 6.07) is 14.7. The van der Waals surface area contributed by atoms with Crippen LogP contribution < -0.4 is 19.7 Å². The fraction of sp³-hybridized carbons (Fsp3) is 0.333. The lowest BCUT2D eigenvalue weighted by molar-refractivity contribution is -0.125. The highest BCUT2D eigenvalue weighted by Crippen LogP contribution is 2.36. The zero-order chi connectivity index (χ0) is 19.2. The van der Waals surface area contributed by atoms with Gasteiger partial charge in [-0.05, 0) is 43.7 Å². The molecule has 6 nitrogen and oxygen atoms in total. The molecule has 0 saturated heterocycles. The molecule has 142 valence electrons. The number of ether oxygens (including phenoxy) is 2. The molecule has 1 unspecified atom stereocenters. The van der Waals surface area contributed by atoms with E-state index < -0.39 is 6.10 Å². The molecule has 2 aromatic carbocycles. The molecule has 6 heteroatoms. The molecule has 0 radical (unpaired) electrons. The predicted octanol–water partition coefficient (Wildman–Crippen LogP) is 3.62. The van der Waals surface area contributed by atoms with Gasteiger partial charge in [0.15, 0.2) is 6.10 Å². The topological polar surface area (TPSA) is 67.9 Å². The highest BCUT2D eigenvalue weighted by Gasteiger charge is 2.31. The molecule has 0 aromatic heterocycles. The van der Waals surface area contributed by atoms with Gasteiger partial charge in [-0.15, -0.1) is 0 Å². The van der Waals surface area contributed by atoms with Gasteiger partial charge in [0, 0.05) is 12.2 Å². The Kier molecular flexibility index (Phi) is 5.96. The summed E-state index contributed by atoms with van der Waals surface area (Å²) in [5.41, 5.74) is 1.32.